The van der Waals surface area contributed by atoms with Crippen LogP contribution in [0.1, 0.15) is 4.88 Å². The van der Waals surface area contributed by atoms with Crippen LogP contribution in [0.5, 0.6) is 0 Å². The number of thiophene rings is 1. The van der Waals surface area contributed by atoms with E-state index in [-0.39, 0.29) is 16.6 Å². The van der Waals surface area contributed by atoms with Crippen molar-refractivity contribution < 1.29 is 13.6 Å². The zero-order valence-electron chi connectivity index (χ0n) is 7.97. The fourth-order valence-electron chi connectivity index (χ4n) is 0.832. The van der Waals surface area contributed by atoms with Gasteiger partial charge in [0.15, 0.2) is 5.84 Å². The average molecular weight is 249 g/mol. The molecule has 0 atom stereocenters. The number of nitrogens with zero attached hydrogens (tertiary/aromatic N) is 1. The minimum atomic E-state index is -3.55. The molecule has 1 aromatic rings. The summed E-state index contributed by atoms with van der Waals surface area (Å²) in [6.07, 6.45) is 0. The molecule has 0 aliphatic carbocycles. The minimum Gasteiger partial charge on any atom is -0.409 e. The van der Waals surface area contributed by atoms with Gasteiger partial charge in [0.1, 0.15) is 4.21 Å². The quantitative estimate of drug-likeness (QED) is 0.304. The molecule has 0 spiro atoms. The van der Waals surface area contributed by atoms with Gasteiger partial charge in [-0.25, -0.2) is 13.1 Å². The van der Waals surface area contributed by atoms with Crippen LogP contribution >= 0.6 is 11.3 Å². The highest BCUT2D eigenvalue weighted by Crippen LogP contribution is 2.19. The Balaban J connectivity index is 2.77. The molecule has 0 saturated heterocycles. The predicted molar refractivity (Wildman–Crippen MR) is 57.7 cm³/mol. The Labute approximate surface area is 91.5 Å². The summed E-state index contributed by atoms with van der Waals surface area (Å²) in [6, 6.07) is 3.22. The van der Waals surface area contributed by atoms with Crippen LogP contribution in [0.3, 0.4) is 0 Å². The molecule has 6 nitrogen and oxygen atoms in total. The summed E-state index contributed by atoms with van der Waals surface area (Å²) in [7, 11) is -3.55. The molecule has 0 unspecified atom stereocenters. The van der Waals surface area contributed by atoms with Crippen molar-refractivity contribution in [2.45, 2.75) is 11.1 Å². The van der Waals surface area contributed by atoms with Gasteiger partial charge in [-0.3, -0.25) is 0 Å². The summed E-state index contributed by atoms with van der Waals surface area (Å²) in [6.45, 7) is 1.60. The molecule has 8 heteroatoms. The van der Waals surface area contributed by atoms with Crippen LogP contribution in [-0.4, -0.2) is 26.0 Å². The first kappa shape index (κ1) is 12.0. The first-order valence-corrected chi connectivity index (χ1v) is 6.28. The van der Waals surface area contributed by atoms with Gasteiger partial charge in [0.25, 0.3) is 0 Å². The molecule has 1 heterocycles. The normalized spacial score (nSPS) is 13.0. The molecule has 0 radical (unpaired) electrons. The molecule has 0 saturated carbocycles. The summed E-state index contributed by atoms with van der Waals surface area (Å²) in [5, 5.41) is 10.9. The number of hydrogen-bond donors (Lipinski definition) is 3. The molecular weight excluding hydrogens is 238 g/mol. The molecule has 1 aromatic heterocycles. The number of hydrogen-bond acceptors (Lipinski definition) is 5. The predicted octanol–water partition coefficient (Wildman–Crippen LogP) is 0.0812. The highest BCUT2D eigenvalue weighted by atomic mass is 32.2. The smallest absolute Gasteiger partial charge is 0.250 e. The zero-order chi connectivity index (χ0) is 11.5. The van der Waals surface area contributed by atoms with Gasteiger partial charge in [-0.2, -0.15) is 0 Å². The second-order valence-electron chi connectivity index (χ2n) is 2.78. The zero-order valence-corrected chi connectivity index (χ0v) is 9.60. The number of sulfonamides is 1. The maximum absolute atomic E-state index is 11.6. The summed E-state index contributed by atoms with van der Waals surface area (Å²) in [4.78, 5) is 0.902. The monoisotopic (exact) mass is 249 g/mol. The largest absolute Gasteiger partial charge is 0.409 e. The Hall–Kier alpha value is -1.12. The molecule has 1 rings (SSSR count). The molecule has 15 heavy (non-hydrogen) atoms. The van der Waals surface area contributed by atoms with Gasteiger partial charge in [-0.1, -0.05) is 5.16 Å². The first-order chi connectivity index (χ1) is 6.95. The van der Waals surface area contributed by atoms with Gasteiger partial charge in [-0.15, -0.1) is 11.3 Å². The van der Waals surface area contributed by atoms with Crippen molar-refractivity contribution in [1.29, 1.82) is 0 Å². The highest BCUT2D eigenvalue weighted by Gasteiger charge is 2.15. The summed E-state index contributed by atoms with van der Waals surface area (Å²) in [5.41, 5.74) is 5.14. The van der Waals surface area contributed by atoms with Gasteiger partial charge < -0.3 is 10.9 Å². The Morgan fingerprint density at radius 1 is 1.67 bits per heavy atom. The third kappa shape index (κ3) is 3.18. The number of nitrogens with one attached hydrogen (secondary N) is 1. The second-order valence-corrected chi connectivity index (χ2v) is 6.06. The molecule has 0 aliphatic rings. The molecule has 84 valence electrons. The van der Waals surface area contributed by atoms with E-state index in [9.17, 15) is 8.42 Å². The van der Waals surface area contributed by atoms with E-state index in [2.05, 4.69) is 9.88 Å². The van der Waals surface area contributed by atoms with Crippen LogP contribution in [0.15, 0.2) is 21.5 Å². The minimum absolute atomic E-state index is 0.188. The van der Waals surface area contributed by atoms with Crippen molar-refractivity contribution in [2.75, 3.05) is 6.54 Å². The number of oxime groups is 1. The van der Waals surface area contributed by atoms with Crippen LogP contribution in [-0.2, 0) is 10.0 Å². The topological polar surface area (TPSA) is 105 Å². The van der Waals surface area contributed by atoms with Crippen molar-refractivity contribution in [3.05, 3.63) is 17.0 Å². The number of amidine groups is 1. The van der Waals surface area contributed by atoms with E-state index in [4.69, 9.17) is 10.9 Å². The van der Waals surface area contributed by atoms with Crippen molar-refractivity contribution in [2.24, 2.45) is 10.9 Å². The van der Waals surface area contributed by atoms with E-state index >= 15 is 0 Å². The van der Waals surface area contributed by atoms with E-state index in [1.54, 1.807) is 6.07 Å². The Morgan fingerprint density at radius 3 is 2.80 bits per heavy atom. The molecule has 0 bridgehead atoms. The fraction of sp³-hybridized carbons (Fsp3) is 0.286. The van der Waals surface area contributed by atoms with Crippen molar-refractivity contribution in [3.63, 3.8) is 0 Å². The van der Waals surface area contributed by atoms with E-state index in [1.165, 1.54) is 6.07 Å². The highest BCUT2D eigenvalue weighted by molar-refractivity contribution is 7.91. The van der Waals surface area contributed by atoms with Crippen LogP contribution < -0.4 is 10.5 Å². The lowest BCUT2D eigenvalue weighted by Gasteiger charge is -2.02. The lowest BCUT2D eigenvalue weighted by atomic mass is 10.5. The van der Waals surface area contributed by atoms with Crippen LogP contribution in [0.25, 0.3) is 0 Å². The van der Waals surface area contributed by atoms with Crippen molar-refractivity contribution >= 4 is 27.2 Å². The van der Waals surface area contributed by atoms with Crippen LogP contribution in [0.4, 0.5) is 0 Å². The number of rotatable bonds is 4. The van der Waals surface area contributed by atoms with Gasteiger partial charge in [-0.05, 0) is 19.1 Å². The van der Waals surface area contributed by atoms with Crippen molar-refractivity contribution in [1.82, 2.24) is 4.72 Å². The van der Waals surface area contributed by atoms with E-state index in [1.807, 2.05) is 6.92 Å². The molecule has 0 fully saturated rings. The molecular formula is C7H11N3O3S2. The van der Waals surface area contributed by atoms with Crippen molar-refractivity contribution in [3.8, 4) is 0 Å². The van der Waals surface area contributed by atoms with E-state index < -0.39 is 10.0 Å². The maximum atomic E-state index is 11.6. The molecule has 0 aliphatic heterocycles. The first-order valence-electron chi connectivity index (χ1n) is 3.98. The van der Waals surface area contributed by atoms with Crippen LogP contribution in [0.2, 0.25) is 0 Å². The van der Waals surface area contributed by atoms with Crippen LogP contribution in [0, 0.1) is 6.92 Å². The fourth-order valence-corrected chi connectivity index (χ4v) is 3.16. The lowest BCUT2D eigenvalue weighted by molar-refractivity contribution is 0.317. The molecule has 0 aromatic carbocycles. The van der Waals surface area contributed by atoms with Gasteiger partial charge >= 0.3 is 0 Å². The summed E-state index contributed by atoms with van der Waals surface area (Å²) >= 11 is 1.16. The van der Waals surface area contributed by atoms with E-state index in [0.29, 0.717) is 0 Å². The molecule has 0 amide bonds. The lowest BCUT2D eigenvalue weighted by Crippen LogP contribution is -2.33. The Kier molecular flexibility index (Phi) is 3.66. The molecule has 4 N–H and O–H groups in total. The second kappa shape index (κ2) is 4.60. The summed E-state index contributed by atoms with van der Waals surface area (Å²) in [5.74, 6) is -0.188. The third-order valence-corrected chi connectivity index (χ3v) is 4.45. The number of nitrogens with two attached hydrogens (primary N) is 1. The van der Waals surface area contributed by atoms with Gasteiger partial charge in [0.2, 0.25) is 10.0 Å². The number of aryl methyl sites for hydroxylation is 1. The Morgan fingerprint density at radius 2 is 2.33 bits per heavy atom. The third-order valence-electron chi connectivity index (χ3n) is 1.55. The standard InChI is InChI=1S/C7H11N3O3S2/c1-5-2-3-7(14-5)15(12,13)9-4-6(8)10-11/h2-3,9,11H,4H2,1H3,(H2,8,10). The van der Waals surface area contributed by atoms with E-state index in [0.717, 1.165) is 16.2 Å². The Bertz CT molecular complexity index is 464. The maximum Gasteiger partial charge on any atom is 0.250 e. The average Bonchev–Trinajstić information content (AvgIpc) is 2.62. The SMILES string of the molecule is Cc1ccc(S(=O)(=O)NC/C(N)=N/O)s1. The summed E-state index contributed by atoms with van der Waals surface area (Å²) < 4.78 is 25.6. The van der Waals surface area contributed by atoms with Gasteiger partial charge in [0.05, 0.1) is 6.54 Å². The van der Waals surface area contributed by atoms with Gasteiger partial charge in [0, 0.05) is 4.88 Å².